The van der Waals surface area contributed by atoms with Crippen LogP contribution < -0.4 is 0 Å². The van der Waals surface area contributed by atoms with Crippen LogP contribution in [-0.2, 0) is 0 Å². The molecule has 0 aliphatic heterocycles. The van der Waals surface area contributed by atoms with Gasteiger partial charge < -0.3 is 18.3 Å². The molecule has 0 amide bonds. The smallest absolute Gasteiger partial charge is 0.0782 e. The maximum atomic E-state index is 2.49. The van der Waals surface area contributed by atoms with E-state index in [2.05, 4.69) is 225 Å². The Kier molecular flexibility index (Phi) is 6.41. The molecule has 0 radical (unpaired) electrons. The van der Waals surface area contributed by atoms with Crippen molar-refractivity contribution in [3.8, 4) is 22.7 Å². The monoisotopic (exact) mass is 738 g/mol. The third kappa shape index (κ3) is 4.18. The highest BCUT2D eigenvalue weighted by atomic mass is 15.1. The highest BCUT2D eigenvalue weighted by Crippen LogP contribution is 2.43. The highest BCUT2D eigenvalue weighted by Gasteiger charge is 2.23. The molecule has 0 N–H and O–H groups in total. The first-order valence-corrected chi connectivity index (χ1v) is 20.0. The minimum atomic E-state index is 1.12. The third-order valence-corrected chi connectivity index (χ3v) is 12.3. The zero-order valence-corrected chi connectivity index (χ0v) is 31.4. The number of hydrogen-bond acceptors (Lipinski definition) is 0. The predicted octanol–water partition coefficient (Wildman–Crippen LogP) is 14.1. The van der Waals surface area contributed by atoms with Crippen LogP contribution in [0.5, 0.6) is 0 Å². The van der Waals surface area contributed by atoms with Gasteiger partial charge in [0.15, 0.2) is 0 Å². The van der Waals surface area contributed by atoms with Gasteiger partial charge in [-0.3, -0.25) is 0 Å². The van der Waals surface area contributed by atoms with Crippen molar-refractivity contribution in [3.63, 3.8) is 0 Å². The molecule has 58 heavy (non-hydrogen) atoms. The Balaban J connectivity index is 1.13. The van der Waals surface area contributed by atoms with Crippen molar-refractivity contribution in [1.82, 2.24) is 18.3 Å². The number of hydrogen-bond donors (Lipinski definition) is 0. The van der Waals surface area contributed by atoms with Crippen LogP contribution in [0, 0.1) is 0 Å². The minimum Gasteiger partial charge on any atom is -0.309 e. The van der Waals surface area contributed by atoms with Crippen molar-refractivity contribution >= 4 is 87.2 Å². The second-order valence-corrected chi connectivity index (χ2v) is 15.3. The number of fused-ring (bicyclic) bond motifs is 12. The van der Waals surface area contributed by atoms with Crippen LogP contribution in [0.3, 0.4) is 0 Å². The fraction of sp³-hybridized carbons (Fsp3) is 0. The lowest BCUT2D eigenvalue weighted by molar-refractivity contribution is 1.12. The first-order chi connectivity index (χ1) is 28.8. The molecule has 0 spiro atoms. The van der Waals surface area contributed by atoms with Gasteiger partial charge in [-0.2, -0.15) is 0 Å². The summed E-state index contributed by atoms with van der Waals surface area (Å²) in [6.07, 6.45) is 0. The summed E-state index contributed by atoms with van der Waals surface area (Å²) >= 11 is 0. The Morgan fingerprint density at radius 2 is 0.655 bits per heavy atom. The highest BCUT2D eigenvalue weighted by molar-refractivity contribution is 6.18. The summed E-state index contributed by atoms with van der Waals surface area (Å²) in [6.45, 7) is 0. The van der Waals surface area contributed by atoms with Gasteiger partial charge in [-0.05, 0) is 72.8 Å². The maximum Gasteiger partial charge on any atom is 0.0782 e. The fourth-order valence-corrected chi connectivity index (χ4v) is 10.0. The topological polar surface area (TPSA) is 19.7 Å². The minimum absolute atomic E-state index is 1.12. The average Bonchev–Trinajstić information content (AvgIpc) is 4.02. The zero-order valence-electron chi connectivity index (χ0n) is 31.4. The molecule has 270 valence electrons. The van der Waals surface area contributed by atoms with Crippen molar-refractivity contribution in [2.45, 2.75) is 0 Å². The normalized spacial score (nSPS) is 12.1. The fourth-order valence-electron chi connectivity index (χ4n) is 10.0. The van der Waals surface area contributed by atoms with Gasteiger partial charge >= 0.3 is 0 Å². The average molecular weight is 739 g/mol. The van der Waals surface area contributed by atoms with Crippen LogP contribution in [0.25, 0.3) is 110 Å². The van der Waals surface area contributed by atoms with Gasteiger partial charge in [0.05, 0.1) is 55.5 Å². The van der Waals surface area contributed by atoms with E-state index in [0.29, 0.717) is 0 Å². The van der Waals surface area contributed by atoms with Gasteiger partial charge in [0.1, 0.15) is 0 Å². The molecule has 9 aromatic carbocycles. The number of rotatable bonds is 4. The Morgan fingerprint density at radius 1 is 0.224 bits per heavy atom. The SMILES string of the molecule is c1ccc(-n2c3ccccc3c3cccc(-n4c5ccccc5c5ccc(-n6c7ccccc7c7c(-n8c9ccccc9c9ccccc98)cccc76)cc54)c32)cc1. The molecule has 0 unspecified atom stereocenters. The molecule has 4 nitrogen and oxygen atoms in total. The zero-order chi connectivity index (χ0) is 37.9. The summed E-state index contributed by atoms with van der Waals surface area (Å²) in [5.41, 5.74) is 14.1. The second kappa shape index (κ2) is 11.8. The number of nitrogens with zero attached hydrogens (tertiary/aromatic N) is 4. The van der Waals surface area contributed by atoms with E-state index >= 15 is 0 Å². The molecule has 4 heteroatoms. The summed E-state index contributed by atoms with van der Waals surface area (Å²) < 4.78 is 9.85. The second-order valence-electron chi connectivity index (χ2n) is 15.3. The van der Waals surface area contributed by atoms with Crippen molar-refractivity contribution in [3.05, 3.63) is 206 Å². The maximum absolute atomic E-state index is 2.49. The van der Waals surface area contributed by atoms with Crippen LogP contribution >= 0.6 is 0 Å². The number of para-hydroxylation sites is 7. The molecule has 0 aliphatic carbocycles. The summed E-state index contributed by atoms with van der Waals surface area (Å²) in [7, 11) is 0. The first kappa shape index (κ1) is 31.4. The quantitative estimate of drug-likeness (QED) is 0.171. The van der Waals surface area contributed by atoms with Crippen molar-refractivity contribution in [2.24, 2.45) is 0 Å². The predicted molar refractivity (Wildman–Crippen MR) is 244 cm³/mol. The molecule has 13 rings (SSSR count). The molecule has 0 atom stereocenters. The number of benzene rings is 9. The largest absolute Gasteiger partial charge is 0.309 e. The first-order valence-electron chi connectivity index (χ1n) is 20.0. The molecule has 0 fully saturated rings. The molecule has 0 saturated carbocycles. The van der Waals surface area contributed by atoms with Crippen LogP contribution in [-0.4, -0.2) is 18.3 Å². The summed E-state index contributed by atoms with van der Waals surface area (Å²) in [4.78, 5) is 0. The lowest BCUT2D eigenvalue weighted by Crippen LogP contribution is -2.01. The van der Waals surface area contributed by atoms with Gasteiger partial charge in [0.2, 0.25) is 0 Å². The van der Waals surface area contributed by atoms with Crippen LogP contribution in [0.15, 0.2) is 206 Å². The van der Waals surface area contributed by atoms with E-state index in [1.807, 2.05) is 0 Å². The van der Waals surface area contributed by atoms with Crippen molar-refractivity contribution in [1.29, 1.82) is 0 Å². The van der Waals surface area contributed by atoms with E-state index in [0.717, 1.165) is 17.1 Å². The third-order valence-electron chi connectivity index (χ3n) is 12.3. The summed E-state index contributed by atoms with van der Waals surface area (Å²) in [5.74, 6) is 0. The van der Waals surface area contributed by atoms with Crippen LogP contribution in [0.2, 0.25) is 0 Å². The van der Waals surface area contributed by atoms with E-state index in [1.165, 1.54) is 92.9 Å². The van der Waals surface area contributed by atoms with Crippen LogP contribution in [0.4, 0.5) is 0 Å². The van der Waals surface area contributed by atoms with Gasteiger partial charge in [-0.15, -0.1) is 0 Å². The molecular formula is C54H34N4. The molecule has 4 heterocycles. The lowest BCUT2D eigenvalue weighted by Gasteiger charge is -2.15. The molecule has 0 saturated heterocycles. The van der Waals surface area contributed by atoms with E-state index < -0.39 is 0 Å². The Labute approximate surface area is 333 Å². The van der Waals surface area contributed by atoms with Gasteiger partial charge in [0, 0.05) is 54.5 Å². The summed E-state index contributed by atoms with van der Waals surface area (Å²) in [5, 5.41) is 9.94. The van der Waals surface area contributed by atoms with E-state index in [-0.39, 0.29) is 0 Å². The molecule has 0 aliphatic rings. The van der Waals surface area contributed by atoms with Crippen molar-refractivity contribution < 1.29 is 0 Å². The Hall–Kier alpha value is -7.82. The van der Waals surface area contributed by atoms with Gasteiger partial charge in [0.25, 0.3) is 0 Å². The van der Waals surface area contributed by atoms with Crippen molar-refractivity contribution in [2.75, 3.05) is 0 Å². The van der Waals surface area contributed by atoms with E-state index in [1.54, 1.807) is 0 Å². The Bertz CT molecular complexity index is 3740. The van der Waals surface area contributed by atoms with Gasteiger partial charge in [-0.25, -0.2) is 0 Å². The van der Waals surface area contributed by atoms with Crippen LogP contribution in [0.1, 0.15) is 0 Å². The molecule has 13 aromatic rings. The molecular weight excluding hydrogens is 705 g/mol. The molecule has 4 aromatic heterocycles. The van der Waals surface area contributed by atoms with E-state index in [4.69, 9.17) is 0 Å². The van der Waals surface area contributed by atoms with Gasteiger partial charge in [-0.1, -0.05) is 133 Å². The number of aromatic nitrogens is 4. The lowest BCUT2D eigenvalue weighted by atomic mass is 10.1. The standard InChI is InChI=1S/C54H34N4/c1-2-16-35(17-3-1)56-44-24-9-7-21-40(44)42-23-14-31-51(54(42)56)58-47-27-12-6-20-39(47)41-33-32-36(34-52(41)58)55-48-28-13-8-22-43(48)53-49(55)29-15-30-50(53)57-45-25-10-4-18-37(45)38-19-5-11-26-46(38)57/h1-34H. The summed E-state index contributed by atoms with van der Waals surface area (Å²) in [6, 6.07) is 75.4. The molecule has 0 bridgehead atoms. The Morgan fingerprint density at radius 3 is 1.29 bits per heavy atom. The van der Waals surface area contributed by atoms with E-state index in [9.17, 15) is 0 Å².